The minimum absolute atomic E-state index is 0.0886. The highest BCUT2D eigenvalue weighted by molar-refractivity contribution is 7.89. The number of nitrogens with zero attached hydrogens (tertiary/aromatic N) is 2. The fourth-order valence-corrected chi connectivity index (χ4v) is 5.56. The van der Waals surface area contributed by atoms with Gasteiger partial charge in [0.15, 0.2) is 0 Å². The zero-order valence-electron chi connectivity index (χ0n) is 13.8. The van der Waals surface area contributed by atoms with Crippen LogP contribution in [0.15, 0.2) is 18.5 Å². The van der Waals surface area contributed by atoms with Crippen LogP contribution in [0.4, 0.5) is 13.2 Å². The third kappa shape index (κ3) is 4.15. The smallest absolute Gasteiger partial charge is 0.317 e. The summed E-state index contributed by atoms with van der Waals surface area (Å²) in [5, 5.41) is 2.81. The van der Waals surface area contributed by atoms with E-state index in [4.69, 9.17) is 0 Å². The lowest BCUT2D eigenvalue weighted by Gasteiger charge is -2.35. The van der Waals surface area contributed by atoms with E-state index in [2.05, 4.69) is 10.3 Å². The maximum atomic E-state index is 12.8. The van der Waals surface area contributed by atoms with Crippen molar-refractivity contribution in [2.24, 2.45) is 0 Å². The van der Waals surface area contributed by atoms with Crippen molar-refractivity contribution in [3.05, 3.63) is 29.6 Å². The van der Waals surface area contributed by atoms with Gasteiger partial charge in [0.2, 0.25) is 10.0 Å². The molecule has 140 valence electrons. The van der Waals surface area contributed by atoms with E-state index < -0.39 is 21.8 Å². The molecule has 5 nitrogen and oxygen atoms in total. The summed E-state index contributed by atoms with van der Waals surface area (Å²) in [4.78, 5) is 3.71. The Balaban J connectivity index is 1.66. The van der Waals surface area contributed by atoms with Crippen LogP contribution < -0.4 is 5.32 Å². The van der Waals surface area contributed by atoms with Gasteiger partial charge in [-0.2, -0.15) is 13.2 Å². The average molecular weight is 377 g/mol. The number of alkyl halides is 3. The molecule has 3 rings (SSSR count). The molecule has 9 heteroatoms. The van der Waals surface area contributed by atoms with E-state index in [9.17, 15) is 21.6 Å². The minimum atomic E-state index is -4.41. The zero-order valence-corrected chi connectivity index (χ0v) is 14.6. The summed E-state index contributed by atoms with van der Waals surface area (Å²) in [7, 11) is -3.32. The Hall–Kier alpha value is -1.19. The normalized spacial score (nSPS) is 22.2. The number of nitrogens with one attached hydrogen (secondary N) is 1. The zero-order chi connectivity index (χ0) is 18.1. The van der Waals surface area contributed by atoms with Gasteiger partial charge >= 0.3 is 6.18 Å². The van der Waals surface area contributed by atoms with E-state index in [1.54, 1.807) is 0 Å². The number of hydrogen-bond donors (Lipinski definition) is 1. The molecule has 0 aromatic carbocycles. The number of rotatable bonds is 3. The van der Waals surface area contributed by atoms with Gasteiger partial charge in [0, 0.05) is 25.5 Å². The van der Waals surface area contributed by atoms with E-state index in [0.717, 1.165) is 12.3 Å². The molecule has 1 N–H and O–H groups in total. The van der Waals surface area contributed by atoms with Crippen LogP contribution in [0.3, 0.4) is 0 Å². The van der Waals surface area contributed by atoms with Crippen molar-refractivity contribution in [1.29, 1.82) is 0 Å². The molecular formula is C16H22F3N3O2S. The Kier molecular flexibility index (Phi) is 5.36. The number of piperidine rings is 2. The van der Waals surface area contributed by atoms with E-state index in [0.29, 0.717) is 57.4 Å². The van der Waals surface area contributed by atoms with Crippen LogP contribution in [-0.4, -0.2) is 49.1 Å². The summed E-state index contributed by atoms with van der Waals surface area (Å²) in [6.45, 7) is 2.12. The lowest BCUT2D eigenvalue weighted by Crippen LogP contribution is -2.46. The van der Waals surface area contributed by atoms with E-state index in [-0.39, 0.29) is 11.2 Å². The molecule has 25 heavy (non-hydrogen) atoms. The fraction of sp³-hybridized carbons (Fsp3) is 0.688. The molecule has 2 fully saturated rings. The van der Waals surface area contributed by atoms with Crippen LogP contribution in [0.5, 0.6) is 0 Å². The second kappa shape index (κ2) is 7.20. The van der Waals surface area contributed by atoms with Gasteiger partial charge in [-0.1, -0.05) is 0 Å². The Bertz CT molecular complexity index is 695. The second-order valence-electron chi connectivity index (χ2n) is 6.67. The predicted molar refractivity (Wildman–Crippen MR) is 87.6 cm³/mol. The Labute approximate surface area is 145 Å². The summed E-state index contributed by atoms with van der Waals surface area (Å²) in [6, 6.07) is 1.13. The van der Waals surface area contributed by atoms with Gasteiger partial charge in [-0.15, -0.1) is 0 Å². The van der Waals surface area contributed by atoms with E-state index >= 15 is 0 Å². The topological polar surface area (TPSA) is 62.3 Å². The van der Waals surface area contributed by atoms with Crippen molar-refractivity contribution in [3.8, 4) is 0 Å². The summed E-state index contributed by atoms with van der Waals surface area (Å²) >= 11 is 0. The monoisotopic (exact) mass is 377 g/mol. The first-order chi connectivity index (χ1) is 11.8. The number of aromatic nitrogens is 1. The maximum Gasteiger partial charge on any atom is 0.417 e. The van der Waals surface area contributed by atoms with Gasteiger partial charge in [0.25, 0.3) is 0 Å². The van der Waals surface area contributed by atoms with Crippen molar-refractivity contribution in [3.63, 3.8) is 0 Å². The molecule has 3 heterocycles. The lowest BCUT2D eigenvalue weighted by molar-refractivity contribution is -0.137. The highest BCUT2D eigenvalue weighted by atomic mass is 32.2. The summed E-state index contributed by atoms with van der Waals surface area (Å²) in [6.07, 6.45) is 0.124. The second-order valence-corrected chi connectivity index (χ2v) is 8.89. The molecule has 0 bridgehead atoms. The van der Waals surface area contributed by atoms with Crippen molar-refractivity contribution in [2.75, 3.05) is 26.2 Å². The molecule has 1 aromatic rings. The van der Waals surface area contributed by atoms with E-state index in [1.165, 1.54) is 10.5 Å². The van der Waals surface area contributed by atoms with Gasteiger partial charge in [0.1, 0.15) is 0 Å². The van der Waals surface area contributed by atoms with Gasteiger partial charge in [0.05, 0.1) is 10.8 Å². The maximum absolute atomic E-state index is 12.8. The molecule has 0 saturated carbocycles. The highest BCUT2D eigenvalue weighted by Gasteiger charge is 2.36. The van der Waals surface area contributed by atoms with Crippen LogP contribution in [0, 0.1) is 0 Å². The van der Waals surface area contributed by atoms with Gasteiger partial charge in [-0.3, -0.25) is 4.98 Å². The van der Waals surface area contributed by atoms with Gasteiger partial charge in [-0.25, -0.2) is 12.7 Å². The molecule has 0 radical (unpaired) electrons. The molecule has 2 aliphatic heterocycles. The first-order valence-electron chi connectivity index (χ1n) is 8.50. The Morgan fingerprint density at radius 3 is 2.32 bits per heavy atom. The number of hydrogen-bond acceptors (Lipinski definition) is 4. The molecule has 0 amide bonds. The molecule has 0 unspecified atom stereocenters. The molecule has 0 aliphatic carbocycles. The van der Waals surface area contributed by atoms with Crippen LogP contribution >= 0.6 is 0 Å². The fourth-order valence-electron chi connectivity index (χ4n) is 3.58. The molecular weight excluding hydrogens is 355 g/mol. The van der Waals surface area contributed by atoms with Crippen LogP contribution in [0.2, 0.25) is 0 Å². The third-order valence-electron chi connectivity index (χ3n) is 5.08. The highest BCUT2D eigenvalue weighted by Crippen LogP contribution is 2.34. The lowest BCUT2D eigenvalue weighted by atomic mass is 9.90. The third-order valence-corrected chi connectivity index (χ3v) is 7.48. The summed E-state index contributed by atoms with van der Waals surface area (Å²) < 4.78 is 65.4. The molecule has 1 aromatic heterocycles. The van der Waals surface area contributed by atoms with Crippen LogP contribution in [-0.2, 0) is 16.2 Å². The molecule has 0 atom stereocenters. The van der Waals surface area contributed by atoms with E-state index in [1.807, 2.05) is 0 Å². The summed E-state index contributed by atoms with van der Waals surface area (Å²) in [5.74, 6) is -0.0886. The summed E-state index contributed by atoms with van der Waals surface area (Å²) in [5.41, 5.74) is -0.219. The largest absolute Gasteiger partial charge is 0.417 e. The van der Waals surface area contributed by atoms with Crippen molar-refractivity contribution < 1.29 is 21.6 Å². The first-order valence-corrected chi connectivity index (χ1v) is 10.0. The quantitative estimate of drug-likeness (QED) is 0.879. The molecule has 2 aliphatic rings. The Morgan fingerprint density at radius 1 is 1.08 bits per heavy atom. The standard InChI is InChI=1S/C16H22F3N3O2S/c17-16(18,19)14-9-13(10-21-11-14)12-3-7-22(8-4-12)25(23,24)15-1-5-20-6-2-15/h9-12,15,20H,1-8H2. The van der Waals surface area contributed by atoms with Crippen molar-refractivity contribution in [1.82, 2.24) is 14.6 Å². The van der Waals surface area contributed by atoms with Crippen molar-refractivity contribution in [2.45, 2.75) is 43.0 Å². The predicted octanol–water partition coefficient (Wildman–Crippen LogP) is 2.36. The number of pyridine rings is 1. The average Bonchev–Trinajstić information content (AvgIpc) is 2.62. The van der Waals surface area contributed by atoms with Gasteiger partial charge in [-0.05, 0) is 56.3 Å². The number of halogens is 3. The van der Waals surface area contributed by atoms with Crippen molar-refractivity contribution >= 4 is 10.0 Å². The number of sulfonamides is 1. The molecule has 0 spiro atoms. The first kappa shape index (κ1) is 18.6. The van der Waals surface area contributed by atoms with Crippen LogP contribution in [0.1, 0.15) is 42.7 Å². The van der Waals surface area contributed by atoms with Gasteiger partial charge < -0.3 is 5.32 Å². The molecule has 2 saturated heterocycles. The SMILES string of the molecule is O=S(=O)(C1CCNCC1)N1CCC(c2cncc(C(F)(F)F)c2)CC1. The Morgan fingerprint density at radius 2 is 1.72 bits per heavy atom. The minimum Gasteiger partial charge on any atom is -0.317 e. The van der Waals surface area contributed by atoms with Crippen LogP contribution in [0.25, 0.3) is 0 Å².